The van der Waals surface area contributed by atoms with Gasteiger partial charge in [-0.25, -0.2) is 18.4 Å². The molecule has 4 rings (SSSR count). The summed E-state index contributed by atoms with van der Waals surface area (Å²) in [5.41, 5.74) is 6.86. The van der Waals surface area contributed by atoms with E-state index in [4.69, 9.17) is 10.5 Å². The second kappa shape index (κ2) is 7.90. The zero-order valence-corrected chi connectivity index (χ0v) is 16.5. The molecule has 1 atom stereocenters. The molecule has 1 aliphatic rings. The summed E-state index contributed by atoms with van der Waals surface area (Å²) in [6, 6.07) is 8.27. The van der Waals surface area contributed by atoms with Crippen molar-refractivity contribution in [2.24, 2.45) is 5.73 Å². The Bertz CT molecular complexity index is 1150. The number of aliphatic hydroxyl groups is 1. The number of nitrogens with zero attached hydrogens (tertiary/aromatic N) is 6. The van der Waals surface area contributed by atoms with E-state index in [1.54, 1.807) is 25.3 Å². The topological polar surface area (TPSA) is 126 Å². The summed E-state index contributed by atoms with van der Waals surface area (Å²) in [7, 11) is 0. The van der Waals surface area contributed by atoms with Crippen LogP contribution in [0.1, 0.15) is 23.1 Å². The number of anilines is 1. The Morgan fingerprint density at radius 1 is 1.32 bits per heavy atom. The van der Waals surface area contributed by atoms with Crippen LogP contribution in [0.15, 0.2) is 36.7 Å². The maximum absolute atomic E-state index is 13.2. The number of benzene rings is 1. The molecule has 1 saturated heterocycles. The summed E-state index contributed by atoms with van der Waals surface area (Å²) in [6.45, 7) is 0.838. The Hall–Kier alpha value is -3.62. The average Bonchev–Trinajstić information content (AvgIpc) is 3.20. The molecule has 2 aromatic heterocycles. The highest BCUT2D eigenvalue weighted by molar-refractivity contribution is 5.54. The van der Waals surface area contributed by atoms with E-state index in [1.807, 2.05) is 6.07 Å². The van der Waals surface area contributed by atoms with Crippen LogP contribution in [-0.2, 0) is 0 Å². The quantitative estimate of drug-likeness (QED) is 0.612. The molecule has 11 heteroatoms. The summed E-state index contributed by atoms with van der Waals surface area (Å²) in [5.74, 6) is -1.63. The minimum atomic E-state index is -2.74. The van der Waals surface area contributed by atoms with Gasteiger partial charge in [-0.3, -0.25) is 0 Å². The van der Waals surface area contributed by atoms with Gasteiger partial charge in [0, 0.05) is 30.4 Å². The number of rotatable bonds is 6. The predicted octanol–water partition coefficient (Wildman–Crippen LogP) is 2.08. The fourth-order valence-electron chi connectivity index (χ4n) is 3.16. The van der Waals surface area contributed by atoms with Crippen LogP contribution in [0.5, 0.6) is 11.6 Å². The van der Waals surface area contributed by atoms with Crippen molar-refractivity contribution in [1.29, 1.82) is 5.26 Å². The summed E-state index contributed by atoms with van der Waals surface area (Å²) < 4.78 is 33.9. The highest BCUT2D eigenvalue weighted by Crippen LogP contribution is 2.34. The first-order valence-electron chi connectivity index (χ1n) is 9.41. The molecule has 1 aromatic carbocycles. The molecule has 31 heavy (non-hydrogen) atoms. The van der Waals surface area contributed by atoms with Gasteiger partial charge >= 0.3 is 0 Å². The summed E-state index contributed by atoms with van der Waals surface area (Å²) in [6.07, 6.45) is 2.22. The third kappa shape index (κ3) is 4.30. The molecule has 0 spiro atoms. The van der Waals surface area contributed by atoms with Gasteiger partial charge in [-0.15, -0.1) is 0 Å². The van der Waals surface area contributed by atoms with Crippen molar-refractivity contribution in [3.8, 4) is 23.4 Å². The third-order valence-corrected chi connectivity index (χ3v) is 4.73. The second-order valence-electron chi connectivity index (χ2n) is 7.19. The molecule has 0 saturated carbocycles. The summed E-state index contributed by atoms with van der Waals surface area (Å²) in [4.78, 5) is 9.86. The zero-order chi connectivity index (χ0) is 22.2. The van der Waals surface area contributed by atoms with Gasteiger partial charge in [0.05, 0.1) is 37.0 Å². The van der Waals surface area contributed by atoms with Crippen molar-refractivity contribution in [2.75, 3.05) is 24.5 Å². The van der Waals surface area contributed by atoms with Gasteiger partial charge in [0.1, 0.15) is 17.3 Å². The molecule has 0 radical (unpaired) electrons. The Balaban J connectivity index is 1.68. The van der Waals surface area contributed by atoms with E-state index in [1.165, 1.54) is 27.9 Å². The molecule has 1 fully saturated rings. The van der Waals surface area contributed by atoms with Crippen molar-refractivity contribution in [2.45, 2.75) is 19.0 Å². The lowest BCUT2D eigenvalue weighted by Gasteiger charge is -2.39. The molecule has 0 aliphatic carbocycles. The summed E-state index contributed by atoms with van der Waals surface area (Å²) in [5, 5.41) is 23.4. The minimum absolute atomic E-state index is 0.0426. The number of aromatic nitrogens is 4. The number of nitriles is 1. The SMILES string of the molecule is Cc1nc(Oc2cc(C#N)ccc2-n2cc([C@@H](O)CN)cn2)cc(N2CC(F)(F)C2)n1. The van der Waals surface area contributed by atoms with Crippen LogP contribution in [-0.4, -0.2) is 50.4 Å². The molecule has 3 N–H and O–H groups in total. The Kier molecular flexibility index (Phi) is 5.26. The van der Waals surface area contributed by atoms with Gasteiger partial charge in [-0.2, -0.15) is 15.3 Å². The highest BCUT2D eigenvalue weighted by Gasteiger charge is 2.44. The lowest BCUT2D eigenvalue weighted by molar-refractivity contribution is -0.0267. The molecular weight excluding hydrogens is 408 g/mol. The molecule has 3 aromatic rings. The molecule has 0 bridgehead atoms. The van der Waals surface area contributed by atoms with Crippen LogP contribution in [0.4, 0.5) is 14.6 Å². The number of hydrogen-bond donors (Lipinski definition) is 2. The molecule has 1 aliphatic heterocycles. The van der Waals surface area contributed by atoms with E-state index in [0.717, 1.165) is 0 Å². The van der Waals surface area contributed by atoms with Crippen molar-refractivity contribution in [1.82, 2.24) is 19.7 Å². The van der Waals surface area contributed by atoms with Gasteiger partial charge in [0.15, 0.2) is 5.75 Å². The lowest BCUT2D eigenvalue weighted by Crippen LogP contribution is -2.56. The van der Waals surface area contributed by atoms with Gasteiger partial charge in [-0.05, 0) is 19.1 Å². The Morgan fingerprint density at radius 2 is 2.10 bits per heavy atom. The van der Waals surface area contributed by atoms with Crippen LogP contribution in [0.3, 0.4) is 0 Å². The fourth-order valence-corrected chi connectivity index (χ4v) is 3.16. The normalized spacial score (nSPS) is 15.8. The van der Waals surface area contributed by atoms with E-state index >= 15 is 0 Å². The standard InChI is InChI=1S/C20H19F2N7O2/c1-12-26-18(28-10-20(21,22)11-28)5-19(27-12)31-17-4-13(6-23)2-3-15(17)29-9-14(8-25-29)16(30)7-24/h2-5,8-9,16,30H,7,10-11,24H2,1H3/t16-/m0/s1. The van der Waals surface area contributed by atoms with Crippen LogP contribution in [0.2, 0.25) is 0 Å². The second-order valence-corrected chi connectivity index (χ2v) is 7.19. The van der Waals surface area contributed by atoms with Crippen molar-refractivity contribution < 1.29 is 18.6 Å². The molecular formula is C20H19F2N7O2. The molecule has 0 amide bonds. The Morgan fingerprint density at radius 3 is 2.77 bits per heavy atom. The number of halogens is 2. The van der Waals surface area contributed by atoms with E-state index in [-0.39, 0.29) is 18.2 Å². The van der Waals surface area contributed by atoms with Crippen LogP contribution < -0.4 is 15.4 Å². The minimum Gasteiger partial charge on any atom is -0.437 e. The Labute approximate surface area is 176 Å². The van der Waals surface area contributed by atoms with E-state index in [9.17, 15) is 19.1 Å². The maximum Gasteiger partial charge on any atom is 0.282 e. The largest absolute Gasteiger partial charge is 0.437 e. The number of alkyl halides is 2. The first-order chi connectivity index (χ1) is 14.8. The van der Waals surface area contributed by atoms with E-state index < -0.39 is 25.1 Å². The van der Waals surface area contributed by atoms with Crippen molar-refractivity contribution in [3.63, 3.8) is 0 Å². The molecule has 3 heterocycles. The van der Waals surface area contributed by atoms with E-state index in [2.05, 4.69) is 15.1 Å². The smallest absolute Gasteiger partial charge is 0.282 e. The third-order valence-electron chi connectivity index (χ3n) is 4.73. The zero-order valence-electron chi connectivity index (χ0n) is 16.5. The number of ether oxygens (including phenoxy) is 1. The van der Waals surface area contributed by atoms with Crippen molar-refractivity contribution in [3.05, 3.63) is 53.6 Å². The van der Waals surface area contributed by atoms with Crippen LogP contribution >= 0.6 is 0 Å². The monoisotopic (exact) mass is 427 g/mol. The van der Waals surface area contributed by atoms with E-state index in [0.29, 0.717) is 28.5 Å². The predicted molar refractivity (Wildman–Crippen MR) is 106 cm³/mol. The lowest BCUT2D eigenvalue weighted by atomic mass is 10.1. The number of aliphatic hydroxyl groups excluding tert-OH is 1. The van der Waals surface area contributed by atoms with Gasteiger partial charge < -0.3 is 20.5 Å². The molecule has 0 unspecified atom stereocenters. The first kappa shape index (κ1) is 20.6. The first-order valence-corrected chi connectivity index (χ1v) is 9.41. The van der Waals surface area contributed by atoms with Crippen LogP contribution in [0.25, 0.3) is 5.69 Å². The highest BCUT2D eigenvalue weighted by atomic mass is 19.3. The number of hydrogen-bond acceptors (Lipinski definition) is 8. The number of aryl methyl sites for hydroxylation is 1. The molecule has 9 nitrogen and oxygen atoms in total. The number of nitrogens with two attached hydrogens (primary N) is 1. The van der Waals surface area contributed by atoms with Gasteiger partial charge in [0.2, 0.25) is 5.88 Å². The maximum atomic E-state index is 13.2. The van der Waals surface area contributed by atoms with Crippen molar-refractivity contribution >= 4 is 5.82 Å². The summed E-state index contributed by atoms with van der Waals surface area (Å²) >= 11 is 0. The van der Waals surface area contributed by atoms with Gasteiger partial charge in [-0.1, -0.05) is 0 Å². The fraction of sp³-hybridized carbons (Fsp3) is 0.300. The van der Waals surface area contributed by atoms with Crippen LogP contribution in [0, 0.1) is 18.3 Å². The molecule has 160 valence electrons. The van der Waals surface area contributed by atoms with Gasteiger partial charge in [0.25, 0.3) is 5.92 Å². The average molecular weight is 427 g/mol.